The first-order valence-corrected chi connectivity index (χ1v) is 8.17. The highest BCUT2D eigenvalue weighted by Crippen LogP contribution is 2.36. The minimum absolute atomic E-state index is 0.236. The van der Waals surface area contributed by atoms with Crippen LogP contribution in [-0.2, 0) is 0 Å². The number of aliphatic hydroxyl groups is 1. The second-order valence-corrected chi connectivity index (χ2v) is 7.10. The Kier molecular flexibility index (Phi) is 3.50. The van der Waals surface area contributed by atoms with E-state index in [0.29, 0.717) is 0 Å². The van der Waals surface area contributed by atoms with Crippen LogP contribution in [0, 0.1) is 5.92 Å². The fourth-order valence-corrected chi connectivity index (χ4v) is 4.92. The molecule has 0 bridgehead atoms. The van der Waals surface area contributed by atoms with Gasteiger partial charge in [0.1, 0.15) is 0 Å². The Bertz CT molecular complexity index is 451. The molecule has 3 heteroatoms. The lowest BCUT2D eigenvalue weighted by molar-refractivity contribution is 0.160. The zero-order valence-electron chi connectivity index (χ0n) is 9.89. The predicted molar refractivity (Wildman–Crippen MR) is 75.9 cm³/mol. The SMILES string of the molecule is OC(CCC1CCCC1)c1cc2sccc2s1. The van der Waals surface area contributed by atoms with Gasteiger partial charge in [0.2, 0.25) is 0 Å². The van der Waals surface area contributed by atoms with Crippen LogP contribution in [0.4, 0.5) is 0 Å². The molecule has 1 nitrogen and oxygen atoms in total. The molecule has 0 aromatic carbocycles. The molecule has 0 spiro atoms. The summed E-state index contributed by atoms with van der Waals surface area (Å²) >= 11 is 3.52. The molecule has 17 heavy (non-hydrogen) atoms. The maximum absolute atomic E-state index is 10.2. The normalized spacial score (nSPS) is 19.1. The van der Waals surface area contributed by atoms with Crippen molar-refractivity contribution in [1.29, 1.82) is 0 Å². The van der Waals surface area contributed by atoms with Crippen LogP contribution in [0.1, 0.15) is 49.5 Å². The Balaban J connectivity index is 1.61. The summed E-state index contributed by atoms with van der Waals surface area (Å²) in [4.78, 5) is 1.16. The van der Waals surface area contributed by atoms with Crippen molar-refractivity contribution in [3.8, 4) is 0 Å². The van der Waals surface area contributed by atoms with Crippen LogP contribution in [0.2, 0.25) is 0 Å². The highest BCUT2D eigenvalue weighted by molar-refractivity contribution is 7.26. The van der Waals surface area contributed by atoms with E-state index in [4.69, 9.17) is 0 Å². The number of aliphatic hydroxyl groups excluding tert-OH is 1. The van der Waals surface area contributed by atoms with Crippen LogP contribution in [0.25, 0.3) is 9.40 Å². The van der Waals surface area contributed by atoms with E-state index in [1.807, 2.05) is 0 Å². The van der Waals surface area contributed by atoms with Crippen molar-refractivity contribution in [1.82, 2.24) is 0 Å². The minimum Gasteiger partial charge on any atom is -0.388 e. The van der Waals surface area contributed by atoms with Gasteiger partial charge >= 0.3 is 0 Å². The minimum atomic E-state index is -0.236. The fraction of sp³-hybridized carbons (Fsp3) is 0.571. The predicted octanol–water partition coefficient (Wildman–Crippen LogP) is 4.97. The van der Waals surface area contributed by atoms with Crippen LogP contribution in [0.5, 0.6) is 0 Å². The molecule has 3 rings (SSSR count). The van der Waals surface area contributed by atoms with E-state index < -0.39 is 0 Å². The summed E-state index contributed by atoms with van der Waals surface area (Å²) in [6.45, 7) is 0. The number of hydrogen-bond acceptors (Lipinski definition) is 3. The summed E-state index contributed by atoms with van der Waals surface area (Å²) < 4.78 is 2.65. The topological polar surface area (TPSA) is 20.2 Å². The summed E-state index contributed by atoms with van der Waals surface area (Å²) in [5.74, 6) is 0.880. The van der Waals surface area contributed by atoms with Crippen LogP contribution >= 0.6 is 22.7 Å². The summed E-state index contributed by atoms with van der Waals surface area (Å²) in [5.41, 5.74) is 0. The van der Waals surface area contributed by atoms with Gasteiger partial charge in [0, 0.05) is 14.3 Å². The van der Waals surface area contributed by atoms with Crippen molar-refractivity contribution in [2.75, 3.05) is 0 Å². The van der Waals surface area contributed by atoms with E-state index >= 15 is 0 Å². The first-order chi connectivity index (χ1) is 8.33. The van der Waals surface area contributed by atoms with Crippen LogP contribution < -0.4 is 0 Å². The standard InChI is InChI=1S/C14H18OS2/c15-11(6-5-10-3-1-2-4-10)13-9-14-12(17-13)7-8-16-14/h7-11,15H,1-6H2. The average Bonchev–Trinajstić information content (AvgIpc) is 3.01. The van der Waals surface area contributed by atoms with Gasteiger partial charge in [0.25, 0.3) is 0 Å². The molecule has 2 aromatic heterocycles. The molecule has 1 unspecified atom stereocenters. The molecule has 2 heterocycles. The van der Waals surface area contributed by atoms with Gasteiger partial charge in [-0.05, 0) is 36.3 Å². The van der Waals surface area contributed by atoms with Crippen molar-refractivity contribution >= 4 is 32.1 Å². The molecule has 1 aliphatic carbocycles. The van der Waals surface area contributed by atoms with E-state index in [9.17, 15) is 5.11 Å². The zero-order chi connectivity index (χ0) is 11.7. The molecular weight excluding hydrogens is 248 g/mol. The molecule has 0 saturated heterocycles. The van der Waals surface area contributed by atoms with Crippen molar-refractivity contribution in [3.05, 3.63) is 22.4 Å². The molecule has 1 N–H and O–H groups in total. The Hall–Kier alpha value is -0.380. The van der Waals surface area contributed by atoms with Crippen molar-refractivity contribution in [3.63, 3.8) is 0 Å². The molecule has 92 valence electrons. The lowest BCUT2D eigenvalue weighted by atomic mass is 9.99. The quantitative estimate of drug-likeness (QED) is 0.828. The molecule has 0 amide bonds. The van der Waals surface area contributed by atoms with Gasteiger partial charge in [-0.1, -0.05) is 25.7 Å². The molecule has 1 saturated carbocycles. The number of thiophene rings is 2. The zero-order valence-corrected chi connectivity index (χ0v) is 11.5. The third kappa shape index (κ3) is 2.56. The highest BCUT2D eigenvalue weighted by atomic mass is 32.1. The molecule has 0 radical (unpaired) electrons. The maximum Gasteiger partial charge on any atom is 0.0882 e. The highest BCUT2D eigenvalue weighted by Gasteiger charge is 2.18. The van der Waals surface area contributed by atoms with Crippen LogP contribution in [0.15, 0.2) is 17.5 Å². The first-order valence-electron chi connectivity index (χ1n) is 6.48. The first kappa shape index (κ1) is 11.7. The molecule has 0 aliphatic heterocycles. The Labute approximate surface area is 110 Å². The molecule has 1 aliphatic rings. The van der Waals surface area contributed by atoms with Crippen molar-refractivity contribution in [2.24, 2.45) is 5.92 Å². The summed E-state index contributed by atoms with van der Waals surface area (Å²) in [6, 6.07) is 4.32. The molecular formula is C14H18OS2. The van der Waals surface area contributed by atoms with E-state index in [0.717, 1.165) is 17.2 Å². The van der Waals surface area contributed by atoms with Crippen LogP contribution in [-0.4, -0.2) is 5.11 Å². The van der Waals surface area contributed by atoms with Gasteiger partial charge in [-0.2, -0.15) is 0 Å². The average molecular weight is 266 g/mol. The van der Waals surface area contributed by atoms with Gasteiger partial charge in [0.15, 0.2) is 0 Å². The smallest absolute Gasteiger partial charge is 0.0882 e. The largest absolute Gasteiger partial charge is 0.388 e. The maximum atomic E-state index is 10.2. The van der Waals surface area contributed by atoms with Crippen molar-refractivity contribution in [2.45, 2.75) is 44.6 Å². The number of rotatable bonds is 4. The number of fused-ring (bicyclic) bond motifs is 1. The van der Waals surface area contributed by atoms with Gasteiger partial charge in [0.05, 0.1) is 6.10 Å². The molecule has 1 atom stereocenters. The van der Waals surface area contributed by atoms with Crippen molar-refractivity contribution < 1.29 is 5.11 Å². The van der Waals surface area contributed by atoms with E-state index in [2.05, 4.69) is 17.5 Å². The van der Waals surface area contributed by atoms with Crippen LogP contribution in [0.3, 0.4) is 0 Å². The Morgan fingerprint density at radius 2 is 2.12 bits per heavy atom. The van der Waals surface area contributed by atoms with Gasteiger partial charge < -0.3 is 5.11 Å². The summed E-state index contributed by atoms with van der Waals surface area (Å²) in [6.07, 6.45) is 7.47. The molecule has 1 fully saturated rings. The second-order valence-electron chi connectivity index (χ2n) is 5.04. The molecule has 2 aromatic rings. The number of hydrogen-bond donors (Lipinski definition) is 1. The Morgan fingerprint density at radius 3 is 2.88 bits per heavy atom. The third-order valence-corrected chi connectivity index (χ3v) is 6.00. The third-order valence-electron chi connectivity index (χ3n) is 3.81. The summed E-state index contributed by atoms with van der Waals surface area (Å²) in [7, 11) is 0. The summed E-state index contributed by atoms with van der Waals surface area (Å²) in [5, 5.41) is 12.3. The lowest BCUT2D eigenvalue weighted by Gasteiger charge is -2.12. The van der Waals surface area contributed by atoms with E-state index in [-0.39, 0.29) is 6.10 Å². The van der Waals surface area contributed by atoms with Gasteiger partial charge in [-0.15, -0.1) is 22.7 Å². The Morgan fingerprint density at radius 1 is 1.29 bits per heavy atom. The second kappa shape index (κ2) is 5.09. The van der Waals surface area contributed by atoms with E-state index in [1.165, 1.54) is 41.5 Å². The monoisotopic (exact) mass is 266 g/mol. The van der Waals surface area contributed by atoms with Gasteiger partial charge in [-0.3, -0.25) is 0 Å². The van der Waals surface area contributed by atoms with Gasteiger partial charge in [-0.25, -0.2) is 0 Å². The van der Waals surface area contributed by atoms with E-state index in [1.54, 1.807) is 22.7 Å². The fourth-order valence-electron chi connectivity index (χ4n) is 2.78. The lowest BCUT2D eigenvalue weighted by Crippen LogP contribution is -1.99.